The highest BCUT2D eigenvalue weighted by atomic mass is 79.9. The molecule has 100 valence electrons. The maximum absolute atomic E-state index is 12.6. The first kappa shape index (κ1) is 13.7. The molecule has 0 spiro atoms. The van der Waals surface area contributed by atoms with Crippen molar-refractivity contribution < 1.29 is 9.53 Å². The van der Waals surface area contributed by atoms with Gasteiger partial charge in [-0.05, 0) is 41.9 Å². The van der Waals surface area contributed by atoms with Crippen molar-refractivity contribution in [3.05, 3.63) is 40.3 Å². The number of hydrogen-bond acceptors (Lipinski definition) is 4. The molecule has 19 heavy (non-hydrogen) atoms. The quantitative estimate of drug-likeness (QED) is 0.812. The highest BCUT2D eigenvalue weighted by Crippen LogP contribution is 2.25. The van der Waals surface area contributed by atoms with E-state index in [-0.39, 0.29) is 11.8 Å². The molecule has 5 nitrogen and oxygen atoms in total. The average molecular weight is 324 g/mol. The van der Waals surface area contributed by atoms with Gasteiger partial charge in [0.05, 0.1) is 23.3 Å². The molecule has 0 aliphatic heterocycles. The first-order valence-electron chi connectivity index (χ1n) is 5.83. The Morgan fingerprint density at radius 1 is 1.47 bits per heavy atom. The van der Waals surface area contributed by atoms with Crippen LogP contribution in [0.2, 0.25) is 0 Å². The van der Waals surface area contributed by atoms with E-state index in [0.717, 1.165) is 0 Å². The normalized spacial score (nSPS) is 10.8. The maximum atomic E-state index is 12.6. The SMILES string of the molecule is COc1ncccc1C(=O)c1c(Br)cnn1C(C)C. The van der Waals surface area contributed by atoms with Crippen LogP contribution in [0.3, 0.4) is 0 Å². The van der Waals surface area contributed by atoms with Gasteiger partial charge in [-0.2, -0.15) is 5.10 Å². The number of hydrogen-bond donors (Lipinski definition) is 0. The lowest BCUT2D eigenvalue weighted by atomic mass is 10.1. The minimum Gasteiger partial charge on any atom is -0.480 e. The summed E-state index contributed by atoms with van der Waals surface area (Å²) in [4.78, 5) is 16.7. The third-order valence-electron chi connectivity index (χ3n) is 2.66. The second-order valence-corrected chi connectivity index (χ2v) is 5.12. The van der Waals surface area contributed by atoms with Gasteiger partial charge in [0.2, 0.25) is 11.7 Å². The van der Waals surface area contributed by atoms with Gasteiger partial charge < -0.3 is 4.74 Å². The van der Waals surface area contributed by atoms with Crippen LogP contribution in [0.1, 0.15) is 35.9 Å². The summed E-state index contributed by atoms with van der Waals surface area (Å²) in [6.45, 7) is 3.94. The molecule has 0 atom stereocenters. The van der Waals surface area contributed by atoms with Gasteiger partial charge in [-0.3, -0.25) is 9.48 Å². The predicted octanol–water partition coefficient (Wildman–Crippen LogP) is 2.86. The summed E-state index contributed by atoms with van der Waals surface area (Å²) in [6, 6.07) is 3.49. The van der Waals surface area contributed by atoms with Gasteiger partial charge in [-0.25, -0.2) is 4.98 Å². The summed E-state index contributed by atoms with van der Waals surface area (Å²) >= 11 is 3.36. The van der Waals surface area contributed by atoms with Crippen molar-refractivity contribution in [2.24, 2.45) is 0 Å². The minimum absolute atomic E-state index is 0.0907. The third kappa shape index (κ3) is 2.53. The molecular formula is C13H14BrN3O2. The van der Waals surface area contributed by atoms with Crippen LogP contribution >= 0.6 is 15.9 Å². The molecular weight excluding hydrogens is 310 g/mol. The van der Waals surface area contributed by atoms with E-state index in [2.05, 4.69) is 26.0 Å². The van der Waals surface area contributed by atoms with Crippen molar-refractivity contribution in [3.63, 3.8) is 0 Å². The Labute approximate surface area is 119 Å². The molecule has 0 aromatic carbocycles. The fourth-order valence-electron chi connectivity index (χ4n) is 1.80. The Hall–Kier alpha value is -1.69. The monoisotopic (exact) mass is 323 g/mol. The molecule has 0 fully saturated rings. The second kappa shape index (κ2) is 5.52. The highest BCUT2D eigenvalue weighted by Gasteiger charge is 2.23. The second-order valence-electron chi connectivity index (χ2n) is 4.27. The largest absolute Gasteiger partial charge is 0.480 e. The van der Waals surface area contributed by atoms with E-state index in [1.54, 1.807) is 29.2 Å². The summed E-state index contributed by atoms with van der Waals surface area (Å²) in [5.41, 5.74) is 0.925. The van der Waals surface area contributed by atoms with Crippen LogP contribution in [0.5, 0.6) is 5.88 Å². The Morgan fingerprint density at radius 2 is 2.21 bits per heavy atom. The number of pyridine rings is 1. The predicted molar refractivity (Wildman–Crippen MR) is 74.5 cm³/mol. The van der Waals surface area contributed by atoms with Crippen LogP contribution in [0.15, 0.2) is 29.0 Å². The zero-order valence-corrected chi connectivity index (χ0v) is 12.5. The van der Waals surface area contributed by atoms with E-state index in [4.69, 9.17) is 4.74 Å². The first-order chi connectivity index (χ1) is 9.06. The summed E-state index contributed by atoms with van der Waals surface area (Å²) in [7, 11) is 1.49. The molecule has 2 aromatic heterocycles. The zero-order chi connectivity index (χ0) is 14.0. The molecule has 0 N–H and O–H groups in total. The number of carbonyl (C=O) groups excluding carboxylic acids is 1. The van der Waals surface area contributed by atoms with Gasteiger partial charge in [-0.1, -0.05) is 0 Å². The average Bonchev–Trinajstić information content (AvgIpc) is 2.80. The van der Waals surface area contributed by atoms with Gasteiger partial charge in [0.25, 0.3) is 0 Å². The van der Waals surface area contributed by atoms with Crippen LogP contribution in [-0.2, 0) is 0 Å². The number of halogens is 1. The van der Waals surface area contributed by atoms with Crippen molar-refractivity contribution in [1.29, 1.82) is 0 Å². The molecule has 0 aliphatic carbocycles. The Balaban J connectivity index is 2.53. The molecule has 2 aromatic rings. The highest BCUT2D eigenvalue weighted by molar-refractivity contribution is 9.10. The van der Waals surface area contributed by atoms with Crippen molar-refractivity contribution in [1.82, 2.24) is 14.8 Å². The molecule has 0 saturated heterocycles. The van der Waals surface area contributed by atoms with Gasteiger partial charge in [0, 0.05) is 12.2 Å². The lowest BCUT2D eigenvalue weighted by molar-refractivity contribution is 0.102. The van der Waals surface area contributed by atoms with E-state index >= 15 is 0 Å². The molecule has 6 heteroatoms. The molecule has 2 rings (SSSR count). The number of ketones is 1. The van der Waals surface area contributed by atoms with Gasteiger partial charge in [0.1, 0.15) is 5.69 Å². The van der Waals surface area contributed by atoms with E-state index in [1.165, 1.54) is 7.11 Å². The summed E-state index contributed by atoms with van der Waals surface area (Å²) in [6.07, 6.45) is 3.21. The molecule has 0 aliphatic rings. The van der Waals surface area contributed by atoms with Crippen LogP contribution in [0.4, 0.5) is 0 Å². The fourth-order valence-corrected chi connectivity index (χ4v) is 2.25. The lowest BCUT2D eigenvalue weighted by Gasteiger charge is -2.11. The first-order valence-corrected chi connectivity index (χ1v) is 6.62. The number of rotatable bonds is 4. The van der Waals surface area contributed by atoms with E-state index in [9.17, 15) is 4.79 Å². The van der Waals surface area contributed by atoms with Gasteiger partial charge in [0.15, 0.2) is 0 Å². The molecule has 0 bridgehead atoms. The number of methoxy groups -OCH3 is 1. The van der Waals surface area contributed by atoms with E-state index in [1.807, 2.05) is 13.8 Å². The van der Waals surface area contributed by atoms with Crippen LogP contribution < -0.4 is 4.74 Å². The lowest BCUT2D eigenvalue weighted by Crippen LogP contribution is -2.15. The maximum Gasteiger partial charge on any atom is 0.224 e. The standard InChI is InChI=1S/C13H14BrN3O2/c1-8(2)17-11(10(14)7-16-17)12(18)9-5-4-6-15-13(9)19-3/h4-8H,1-3H3. The molecule has 0 saturated carbocycles. The smallest absolute Gasteiger partial charge is 0.224 e. The number of nitrogens with zero attached hydrogens (tertiary/aromatic N) is 3. The fraction of sp³-hybridized carbons (Fsp3) is 0.308. The van der Waals surface area contributed by atoms with E-state index in [0.29, 0.717) is 21.6 Å². The van der Waals surface area contributed by atoms with Crippen molar-refractivity contribution in [2.75, 3.05) is 7.11 Å². The zero-order valence-electron chi connectivity index (χ0n) is 10.9. The van der Waals surface area contributed by atoms with Crippen molar-refractivity contribution in [3.8, 4) is 5.88 Å². The van der Waals surface area contributed by atoms with Crippen LogP contribution in [0.25, 0.3) is 0 Å². The number of carbonyl (C=O) groups is 1. The summed E-state index contributed by atoms with van der Waals surface area (Å²) in [5.74, 6) is 0.152. The van der Waals surface area contributed by atoms with Crippen LogP contribution in [0, 0.1) is 0 Å². The molecule has 0 radical (unpaired) electrons. The van der Waals surface area contributed by atoms with Crippen LogP contribution in [-0.4, -0.2) is 27.7 Å². The molecule has 2 heterocycles. The summed E-state index contributed by atoms with van der Waals surface area (Å²) < 4.78 is 7.47. The topological polar surface area (TPSA) is 57.0 Å². The minimum atomic E-state index is -0.164. The molecule has 0 unspecified atom stereocenters. The van der Waals surface area contributed by atoms with E-state index < -0.39 is 0 Å². The Bertz CT molecular complexity index is 608. The third-order valence-corrected chi connectivity index (χ3v) is 3.24. The number of aromatic nitrogens is 3. The van der Waals surface area contributed by atoms with Gasteiger partial charge in [-0.15, -0.1) is 0 Å². The number of ether oxygens (including phenoxy) is 1. The summed E-state index contributed by atoms with van der Waals surface area (Å²) in [5, 5.41) is 4.21. The van der Waals surface area contributed by atoms with Gasteiger partial charge >= 0.3 is 0 Å². The molecule has 0 amide bonds. The Morgan fingerprint density at radius 3 is 2.84 bits per heavy atom. The van der Waals surface area contributed by atoms with Crippen molar-refractivity contribution >= 4 is 21.7 Å². The Kier molecular flexibility index (Phi) is 3.99. The van der Waals surface area contributed by atoms with Crippen molar-refractivity contribution in [2.45, 2.75) is 19.9 Å².